The van der Waals surface area contributed by atoms with Gasteiger partial charge in [-0.25, -0.2) is 4.98 Å². The number of rotatable bonds is 2. The highest BCUT2D eigenvalue weighted by atomic mass is 35.5. The van der Waals surface area contributed by atoms with Gasteiger partial charge in [-0.15, -0.1) is 11.3 Å². The molecule has 1 aromatic carbocycles. The van der Waals surface area contributed by atoms with Gasteiger partial charge in [0.1, 0.15) is 0 Å². The summed E-state index contributed by atoms with van der Waals surface area (Å²) in [6.07, 6.45) is 0. The van der Waals surface area contributed by atoms with Gasteiger partial charge in [-0.05, 0) is 18.2 Å². The maximum absolute atomic E-state index is 12.1. The van der Waals surface area contributed by atoms with Crippen LogP contribution in [0.4, 0.5) is 5.13 Å². The number of benzene rings is 1. The lowest BCUT2D eigenvalue weighted by atomic mass is 9.93. The minimum Gasteiger partial charge on any atom is -0.298 e. The summed E-state index contributed by atoms with van der Waals surface area (Å²) in [5.74, 6) is -0.252. The van der Waals surface area contributed by atoms with Crippen molar-refractivity contribution < 1.29 is 4.79 Å². The number of hydrogen-bond acceptors (Lipinski definition) is 3. The van der Waals surface area contributed by atoms with Crippen molar-refractivity contribution in [1.82, 2.24) is 4.98 Å². The molecule has 1 N–H and O–H groups in total. The Morgan fingerprint density at radius 1 is 1.25 bits per heavy atom. The summed E-state index contributed by atoms with van der Waals surface area (Å²) in [6, 6.07) is 4.76. The summed E-state index contributed by atoms with van der Waals surface area (Å²) >= 11 is 13.1. The molecule has 0 aliphatic carbocycles. The third-order valence-electron chi connectivity index (χ3n) is 2.67. The van der Waals surface area contributed by atoms with E-state index < -0.39 is 0 Å². The number of halogens is 2. The number of aromatic nitrogens is 1. The number of nitrogens with zero attached hydrogens (tertiary/aromatic N) is 1. The first kappa shape index (κ1) is 15.3. The SMILES string of the molecule is CC(C)(C)c1csc(NC(=O)c2ccc(Cl)c(Cl)c2)n1. The highest BCUT2D eigenvalue weighted by molar-refractivity contribution is 7.14. The van der Waals surface area contributed by atoms with E-state index in [4.69, 9.17) is 23.2 Å². The van der Waals surface area contributed by atoms with Gasteiger partial charge in [0.25, 0.3) is 5.91 Å². The Labute approximate surface area is 131 Å². The Morgan fingerprint density at radius 3 is 2.50 bits per heavy atom. The normalized spacial score (nSPS) is 11.4. The zero-order valence-electron chi connectivity index (χ0n) is 11.3. The van der Waals surface area contributed by atoms with E-state index in [-0.39, 0.29) is 11.3 Å². The standard InChI is InChI=1S/C14H14Cl2N2OS/c1-14(2,3)11-7-20-13(17-11)18-12(19)8-4-5-9(15)10(16)6-8/h4-7H,1-3H3,(H,17,18,19). The van der Waals surface area contributed by atoms with Gasteiger partial charge in [-0.3, -0.25) is 10.1 Å². The number of carbonyl (C=O) groups is 1. The zero-order valence-corrected chi connectivity index (χ0v) is 13.7. The molecule has 3 nitrogen and oxygen atoms in total. The van der Waals surface area contributed by atoms with E-state index in [1.165, 1.54) is 17.4 Å². The van der Waals surface area contributed by atoms with Gasteiger partial charge in [0.15, 0.2) is 5.13 Å². The highest BCUT2D eigenvalue weighted by Crippen LogP contribution is 2.27. The van der Waals surface area contributed by atoms with Crippen molar-refractivity contribution in [2.24, 2.45) is 0 Å². The third-order valence-corrected chi connectivity index (χ3v) is 4.17. The van der Waals surface area contributed by atoms with E-state index in [0.29, 0.717) is 20.7 Å². The maximum atomic E-state index is 12.1. The second-order valence-electron chi connectivity index (χ2n) is 5.37. The fraction of sp³-hybridized carbons (Fsp3) is 0.286. The lowest BCUT2D eigenvalue weighted by molar-refractivity contribution is 0.102. The van der Waals surface area contributed by atoms with Crippen molar-refractivity contribution >= 4 is 45.6 Å². The fourth-order valence-corrected chi connectivity index (χ4v) is 2.71. The summed E-state index contributed by atoms with van der Waals surface area (Å²) in [4.78, 5) is 16.5. The predicted molar refractivity (Wildman–Crippen MR) is 85.2 cm³/mol. The molecule has 106 valence electrons. The average molecular weight is 329 g/mol. The molecule has 2 aromatic rings. The van der Waals surface area contributed by atoms with Gasteiger partial charge < -0.3 is 0 Å². The van der Waals surface area contributed by atoms with Crippen LogP contribution in [0, 0.1) is 0 Å². The molecule has 1 amide bonds. The van der Waals surface area contributed by atoms with Crippen LogP contribution in [0.25, 0.3) is 0 Å². The first-order chi connectivity index (χ1) is 9.27. The van der Waals surface area contributed by atoms with Crippen LogP contribution >= 0.6 is 34.5 Å². The van der Waals surface area contributed by atoms with Gasteiger partial charge >= 0.3 is 0 Å². The topological polar surface area (TPSA) is 42.0 Å². The van der Waals surface area contributed by atoms with Crippen LogP contribution in [-0.4, -0.2) is 10.9 Å². The summed E-state index contributed by atoms with van der Waals surface area (Å²) in [5.41, 5.74) is 1.36. The highest BCUT2D eigenvalue weighted by Gasteiger charge is 2.18. The molecule has 0 saturated carbocycles. The first-order valence-electron chi connectivity index (χ1n) is 6.00. The number of nitrogens with one attached hydrogen (secondary N) is 1. The molecule has 0 saturated heterocycles. The monoisotopic (exact) mass is 328 g/mol. The first-order valence-corrected chi connectivity index (χ1v) is 7.63. The van der Waals surface area contributed by atoms with Gasteiger partial charge in [0.05, 0.1) is 15.7 Å². The lowest BCUT2D eigenvalue weighted by Crippen LogP contribution is -2.14. The Kier molecular flexibility index (Phi) is 4.37. The average Bonchev–Trinajstić information content (AvgIpc) is 2.81. The largest absolute Gasteiger partial charge is 0.298 e. The second kappa shape index (κ2) is 5.72. The van der Waals surface area contributed by atoms with E-state index in [2.05, 4.69) is 31.1 Å². The van der Waals surface area contributed by atoms with Crippen molar-refractivity contribution in [1.29, 1.82) is 0 Å². The summed E-state index contributed by atoms with van der Waals surface area (Å²) in [5, 5.41) is 6.07. The molecule has 0 radical (unpaired) electrons. The van der Waals surface area contributed by atoms with Crippen LogP contribution in [0.5, 0.6) is 0 Å². The molecule has 20 heavy (non-hydrogen) atoms. The predicted octanol–water partition coefficient (Wildman–Crippen LogP) is 5.00. The molecular weight excluding hydrogens is 315 g/mol. The van der Waals surface area contributed by atoms with Crippen LogP contribution in [0.15, 0.2) is 23.6 Å². The van der Waals surface area contributed by atoms with E-state index in [9.17, 15) is 4.79 Å². The van der Waals surface area contributed by atoms with Crippen LogP contribution in [0.1, 0.15) is 36.8 Å². The number of anilines is 1. The molecule has 6 heteroatoms. The lowest BCUT2D eigenvalue weighted by Gasteiger charge is -2.14. The van der Waals surface area contributed by atoms with E-state index in [1.807, 2.05) is 5.38 Å². The molecule has 0 aliphatic heterocycles. The smallest absolute Gasteiger partial charge is 0.257 e. The second-order valence-corrected chi connectivity index (χ2v) is 7.04. The fourth-order valence-electron chi connectivity index (χ4n) is 1.48. The Bertz CT molecular complexity index is 647. The van der Waals surface area contributed by atoms with Crippen molar-refractivity contribution in [3.63, 3.8) is 0 Å². The molecule has 0 spiro atoms. The van der Waals surface area contributed by atoms with Crippen molar-refractivity contribution in [3.8, 4) is 0 Å². The number of thiazole rings is 1. The van der Waals surface area contributed by atoms with E-state index in [1.54, 1.807) is 12.1 Å². The van der Waals surface area contributed by atoms with Crippen LogP contribution in [0.2, 0.25) is 10.0 Å². The van der Waals surface area contributed by atoms with Crippen LogP contribution in [0.3, 0.4) is 0 Å². The van der Waals surface area contributed by atoms with E-state index in [0.717, 1.165) is 5.69 Å². The van der Waals surface area contributed by atoms with Crippen molar-refractivity contribution in [2.75, 3.05) is 5.32 Å². The van der Waals surface area contributed by atoms with Crippen LogP contribution in [-0.2, 0) is 5.41 Å². The number of hydrogen-bond donors (Lipinski definition) is 1. The minimum absolute atomic E-state index is 0.0386. The van der Waals surface area contributed by atoms with Gasteiger partial charge in [0, 0.05) is 16.4 Å². The molecule has 0 atom stereocenters. The zero-order chi connectivity index (χ0) is 14.9. The van der Waals surface area contributed by atoms with Gasteiger partial charge in [-0.2, -0.15) is 0 Å². The third kappa shape index (κ3) is 3.51. The van der Waals surface area contributed by atoms with Crippen molar-refractivity contribution in [3.05, 3.63) is 44.9 Å². The van der Waals surface area contributed by atoms with E-state index >= 15 is 0 Å². The molecule has 2 rings (SSSR count). The molecule has 0 fully saturated rings. The quantitative estimate of drug-likeness (QED) is 0.842. The minimum atomic E-state index is -0.252. The van der Waals surface area contributed by atoms with Gasteiger partial charge in [0.2, 0.25) is 0 Å². The summed E-state index contributed by atoms with van der Waals surface area (Å²) < 4.78 is 0. The number of carbonyl (C=O) groups excluding carboxylic acids is 1. The molecule has 1 heterocycles. The molecular formula is C14H14Cl2N2OS. The summed E-state index contributed by atoms with van der Waals surface area (Å²) in [7, 11) is 0. The molecule has 0 unspecified atom stereocenters. The maximum Gasteiger partial charge on any atom is 0.257 e. The van der Waals surface area contributed by atoms with Crippen molar-refractivity contribution in [2.45, 2.75) is 26.2 Å². The molecule has 0 aliphatic rings. The Balaban J connectivity index is 2.15. The molecule has 0 bridgehead atoms. The Morgan fingerprint density at radius 2 is 1.95 bits per heavy atom. The molecule has 1 aromatic heterocycles. The summed E-state index contributed by atoms with van der Waals surface area (Å²) in [6.45, 7) is 6.23. The number of amides is 1. The van der Waals surface area contributed by atoms with Gasteiger partial charge in [-0.1, -0.05) is 44.0 Å². The van der Waals surface area contributed by atoms with Crippen LogP contribution < -0.4 is 5.32 Å². The Hall–Kier alpha value is -1.10.